The number of hydrogen-bond donors (Lipinski definition) is 1. The summed E-state index contributed by atoms with van der Waals surface area (Å²) in [6.07, 6.45) is 0. The van der Waals surface area contributed by atoms with Crippen molar-refractivity contribution in [1.29, 1.82) is 0 Å². The smallest absolute Gasteiger partial charge is 0.215 e. The van der Waals surface area contributed by atoms with E-state index in [2.05, 4.69) is 20.9 Å². The molecule has 0 spiro atoms. The predicted molar refractivity (Wildman–Crippen MR) is 111 cm³/mol. The number of fused-ring (bicyclic) bond motifs is 4. The summed E-state index contributed by atoms with van der Waals surface area (Å²) in [4.78, 5) is 17.8. The Morgan fingerprint density at radius 2 is 1.92 bits per heavy atom. The average Bonchev–Trinajstić information content (AvgIpc) is 3.13. The Hall–Kier alpha value is -2.21. The zero-order valence-electron chi connectivity index (χ0n) is 13.1. The van der Waals surface area contributed by atoms with E-state index in [9.17, 15) is 9.90 Å². The van der Waals surface area contributed by atoms with Crippen molar-refractivity contribution in [1.82, 2.24) is 0 Å². The lowest BCUT2D eigenvalue weighted by Gasteiger charge is -2.03. The van der Waals surface area contributed by atoms with Crippen LogP contribution in [0, 0.1) is 0 Å². The molecule has 3 nitrogen and oxygen atoms in total. The van der Waals surface area contributed by atoms with Gasteiger partial charge in [-0.2, -0.15) is 0 Å². The highest BCUT2D eigenvalue weighted by molar-refractivity contribution is 9.10. The number of carbonyl (C=O) groups is 1. The van der Waals surface area contributed by atoms with E-state index in [1.54, 1.807) is 18.2 Å². The quantitative estimate of drug-likeness (QED) is 0.366. The predicted octanol–water partition coefficient (Wildman–Crippen LogP) is 6.49. The lowest BCUT2D eigenvalue weighted by molar-refractivity contribution is 0.107. The minimum atomic E-state index is -0.182. The van der Waals surface area contributed by atoms with Crippen molar-refractivity contribution in [3.63, 3.8) is 0 Å². The molecule has 1 aliphatic heterocycles. The Balaban J connectivity index is 1.78. The van der Waals surface area contributed by atoms with E-state index in [4.69, 9.17) is 11.6 Å². The highest BCUT2D eigenvalue weighted by Crippen LogP contribution is 2.45. The Labute approximate surface area is 165 Å². The molecule has 0 amide bonds. The Morgan fingerprint density at radius 1 is 1.08 bits per heavy atom. The van der Waals surface area contributed by atoms with Gasteiger partial charge in [0.05, 0.1) is 16.1 Å². The van der Waals surface area contributed by atoms with Crippen LogP contribution in [0.3, 0.4) is 0 Å². The average molecular weight is 443 g/mol. The van der Waals surface area contributed by atoms with E-state index in [-0.39, 0.29) is 17.2 Å². The number of carbonyl (C=O) groups excluding carboxylic acids is 1. The van der Waals surface area contributed by atoms with Gasteiger partial charge in [-0.3, -0.25) is 4.79 Å². The van der Waals surface area contributed by atoms with Crippen molar-refractivity contribution in [2.45, 2.75) is 0 Å². The Bertz CT molecular complexity index is 1290. The van der Waals surface area contributed by atoms with Crippen LogP contribution in [0.5, 0.6) is 5.75 Å². The Morgan fingerprint density at radius 3 is 2.77 bits per heavy atom. The molecule has 2 heterocycles. The molecule has 5 rings (SSSR count). The molecule has 1 aliphatic rings. The van der Waals surface area contributed by atoms with Crippen LogP contribution < -0.4 is 0 Å². The lowest BCUT2D eigenvalue weighted by atomic mass is 10.0. The van der Waals surface area contributed by atoms with E-state index >= 15 is 0 Å². The molecular formula is C20H9BrClNO2S. The summed E-state index contributed by atoms with van der Waals surface area (Å²) >= 11 is 11.1. The number of nitrogens with zero attached hydrogens (tertiary/aromatic N) is 1. The van der Waals surface area contributed by atoms with Gasteiger partial charge in [0, 0.05) is 25.0 Å². The summed E-state index contributed by atoms with van der Waals surface area (Å²) in [5.41, 5.74) is 1.43. The largest absolute Gasteiger partial charge is 0.506 e. The molecule has 0 unspecified atom stereocenters. The van der Waals surface area contributed by atoms with Crippen LogP contribution in [0.4, 0.5) is 5.69 Å². The zero-order valence-corrected chi connectivity index (χ0v) is 16.2. The number of ketones is 1. The maximum Gasteiger partial charge on any atom is 0.215 e. The highest BCUT2D eigenvalue weighted by atomic mass is 79.9. The molecule has 1 N–H and O–H groups in total. The summed E-state index contributed by atoms with van der Waals surface area (Å²) in [7, 11) is 0. The van der Waals surface area contributed by atoms with Crippen molar-refractivity contribution in [2.24, 2.45) is 4.99 Å². The number of halogens is 2. The van der Waals surface area contributed by atoms with Gasteiger partial charge in [0.2, 0.25) is 5.78 Å². The highest BCUT2D eigenvalue weighted by Gasteiger charge is 2.30. The fourth-order valence-corrected chi connectivity index (χ4v) is 5.04. The van der Waals surface area contributed by atoms with Gasteiger partial charge in [0.15, 0.2) is 0 Å². The van der Waals surface area contributed by atoms with E-state index in [0.717, 1.165) is 19.9 Å². The van der Waals surface area contributed by atoms with Crippen molar-refractivity contribution >= 4 is 76.9 Å². The van der Waals surface area contributed by atoms with E-state index in [0.29, 0.717) is 26.5 Å². The van der Waals surface area contributed by atoms with Gasteiger partial charge < -0.3 is 5.11 Å². The van der Waals surface area contributed by atoms with E-state index < -0.39 is 0 Å². The summed E-state index contributed by atoms with van der Waals surface area (Å²) in [5, 5.41) is 13.9. The molecule has 1 aromatic heterocycles. The molecule has 126 valence electrons. The summed E-state index contributed by atoms with van der Waals surface area (Å²) in [5.74, 6) is -0.124. The summed E-state index contributed by atoms with van der Waals surface area (Å²) < 4.78 is 1.69. The number of benzene rings is 3. The molecule has 0 fully saturated rings. The van der Waals surface area contributed by atoms with Gasteiger partial charge in [-0.25, -0.2) is 4.99 Å². The minimum absolute atomic E-state index is 0.0580. The molecule has 0 atom stereocenters. The topological polar surface area (TPSA) is 49.7 Å². The molecule has 4 aromatic rings. The first-order chi connectivity index (χ1) is 12.5. The van der Waals surface area contributed by atoms with Gasteiger partial charge in [-0.1, -0.05) is 45.7 Å². The first kappa shape index (κ1) is 16.0. The molecule has 0 saturated carbocycles. The third-order valence-corrected chi connectivity index (χ3v) is 6.45. The number of Topliss-reactive ketones (excluding diaryl/α,β-unsaturated/α-hetero) is 1. The molecule has 0 saturated heterocycles. The van der Waals surface area contributed by atoms with Crippen LogP contribution in [0.2, 0.25) is 5.02 Å². The van der Waals surface area contributed by atoms with Crippen molar-refractivity contribution in [2.75, 3.05) is 0 Å². The number of hydrogen-bond acceptors (Lipinski definition) is 4. The lowest BCUT2D eigenvalue weighted by Crippen LogP contribution is -2.09. The third-order valence-electron chi connectivity index (χ3n) is 4.49. The van der Waals surface area contributed by atoms with Crippen LogP contribution in [0.15, 0.2) is 58.0 Å². The van der Waals surface area contributed by atoms with Crippen molar-refractivity contribution in [3.8, 4) is 5.75 Å². The molecular weight excluding hydrogens is 434 g/mol. The number of aromatic hydroxyl groups is 1. The maximum atomic E-state index is 12.8. The van der Waals surface area contributed by atoms with Gasteiger partial charge in [-0.15, -0.1) is 11.3 Å². The van der Waals surface area contributed by atoms with Crippen LogP contribution in [-0.2, 0) is 0 Å². The maximum absolute atomic E-state index is 12.8. The summed E-state index contributed by atoms with van der Waals surface area (Å²) in [6, 6.07) is 14.9. The SMILES string of the molecule is O=C1C(c2sc3ccc4cccc(Cl)c4c3c2O)=Nc2ccc(Br)cc21. The number of rotatable bonds is 1. The van der Waals surface area contributed by atoms with Crippen molar-refractivity contribution in [3.05, 3.63) is 68.5 Å². The molecule has 0 bridgehead atoms. The zero-order chi connectivity index (χ0) is 18.0. The molecule has 3 aromatic carbocycles. The van der Waals surface area contributed by atoms with Crippen LogP contribution in [0.25, 0.3) is 20.9 Å². The van der Waals surface area contributed by atoms with Crippen LogP contribution in [0.1, 0.15) is 15.2 Å². The van der Waals surface area contributed by atoms with Crippen LogP contribution >= 0.6 is 38.9 Å². The Kier molecular flexibility index (Phi) is 3.47. The van der Waals surface area contributed by atoms with E-state index in [1.807, 2.05) is 30.3 Å². The first-order valence-electron chi connectivity index (χ1n) is 7.80. The fourth-order valence-electron chi connectivity index (χ4n) is 3.31. The van der Waals surface area contributed by atoms with Crippen molar-refractivity contribution < 1.29 is 9.90 Å². The first-order valence-corrected chi connectivity index (χ1v) is 9.79. The summed E-state index contributed by atoms with van der Waals surface area (Å²) in [6.45, 7) is 0. The second-order valence-electron chi connectivity index (χ2n) is 6.01. The molecule has 26 heavy (non-hydrogen) atoms. The monoisotopic (exact) mass is 441 g/mol. The second kappa shape index (κ2) is 5.64. The van der Waals surface area contributed by atoms with Gasteiger partial charge in [-0.05, 0) is 35.7 Å². The van der Waals surface area contributed by atoms with Gasteiger partial charge in [0.1, 0.15) is 11.5 Å². The molecule has 6 heteroatoms. The van der Waals surface area contributed by atoms with E-state index in [1.165, 1.54) is 11.3 Å². The third kappa shape index (κ3) is 2.18. The van der Waals surface area contributed by atoms with Gasteiger partial charge >= 0.3 is 0 Å². The van der Waals surface area contributed by atoms with Gasteiger partial charge in [0.25, 0.3) is 0 Å². The second-order valence-corrected chi connectivity index (χ2v) is 8.38. The fraction of sp³-hybridized carbons (Fsp3) is 0. The normalized spacial score (nSPS) is 13.5. The number of aliphatic imine (C=N–C) groups is 1. The molecule has 0 radical (unpaired) electrons. The van der Waals surface area contributed by atoms with Crippen LogP contribution in [-0.4, -0.2) is 16.6 Å². The standard InChI is InChI=1S/C20H9BrClNO2S/c21-10-5-6-13-11(8-10)18(24)17(23-13)20-19(25)16-14(26-20)7-4-9-2-1-3-12(22)15(9)16/h1-8,25H. The minimum Gasteiger partial charge on any atom is -0.506 e. The number of thiophene rings is 1. The molecule has 0 aliphatic carbocycles.